The number of nitrogens with zero attached hydrogens (tertiary/aromatic N) is 1. The van der Waals surface area contributed by atoms with E-state index in [1.165, 1.54) is 6.92 Å². The molecule has 2 amide bonds. The summed E-state index contributed by atoms with van der Waals surface area (Å²) in [6.07, 6.45) is 0.833. The maximum atomic E-state index is 10.8. The molecular weight excluding hydrogens is 156 g/mol. The largest absolute Gasteiger partial charge is 0.343 e. The Morgan fingerprint density at radius 1 is 1.42 bits per heavy atom. The monoisotopic (exact) mass is 171 g/mol. The molecule has 1 radical (unpaired) electrons. The number of hydrogen-bond acceptors (Lipinski definition) is 2. The number of nitrogens with one attached hydrogen (secondary N) is 1. The van der Waals surface area contributed by atoms with E-state index in [2.05, 4.69) is 0 Å². The molecule has 0 aromatic carbocycles. The van der Waals surface area contributed by atoms with Crippen molar-refractivity contribution in [2.75, 3.05) is 13.1 Å². The van der Waals surface area contributed by atoms with Crippen LogP contribution in [0.5, 0.6) is 0 Å². The second kappa shape index (κ2) is 5.57. The molecule has 0 bridgehead atoms. The summed E-state index contributed by atoms with van der Waals surface area (Å²) in [5.41, 5.74) is 6.64. The van der Waals surface area contributed by atoms with Crippen molar-refractivity contribution in [3.8, 4) is 0 Å². The molecule has 0 rings (SSSR count). The van der Waals surface area contributed by atoms with E-state index in [1.54, 1.807) is 4.90 Å². The summed E-state index contributed by atoms with van der Waals surface area (Å²) in [5.74, 6) is -0.537. The predicted octanol–water partition coefficient (Wildman–Crippen LogP) is 0.444. The first kappa shape index (κ1) is 10.9. The summed E-state index contributed by atoms with van der Waals surface area (Å²) in [5, 5.41) is 0. The molecule has 0 spiro atoms. The fourth-order valence-electron chi connectivity index (χ4n) is 0.969. The van der Waals surface area contributed by atoms with Crippen LogP contribution in [0.15, 0.2) is 0 Å². The lowest BCUT2D eigenvalue weighted by Gasteiger charge is -2.17. The third kappa shape index (κ3) is 4.71. The van der Waals surface area contributed by atoms with E-state index in [1.807, 2.05) is 6.92 Å². The van der Waals surface area contributed by atoms with Gasteiger partial charge in [-0.2, -0.15) is 0 Å². The zero-order valence-corrected chi connectivity index (χ0v) is 7.59. The molecule has 0 saturated heterocycles. The van der Waals surface area contributed by atoms with Gasteiger partial charge in [-0.05, 0) is 13.3 Å². The van der Waals surface area contributed by atoms with Crippen molar-refractivity contribution >= 4 is 11.8 Å². The molecule has 0 saturated carbocycles. The van der Waals surface area contributed by atoms with Gasteiger partial charge >= 0.3 is 0 Å². The standard InChI is InChI=1S/C8H15N2O2/c1-3-10(7(2)11)6-4-5-8(9)12/h9H,3-6H2,1-2H3. The van der Waals surface area contributed by atoms with E-state index in [0.29, 0.717) is 19.5 Å². The SMILES string of the molecule is CCN(CCCC([NH])=O)C(C)=O. The van der Waals surface area contributed by atoms with Crippen molar-refractivity contribution < 1.29 is 9.59 Å². The van der Waals surface area contributed by atoms with Gasteiger partial charge in [-0.1, -0.05) is 0 Å². The van der Waals surface area contributed by atoms with E-state index >= 15 is 0 Å². The van der Waals surface area contributed by atoms with E-state index in [0.717, 1.165) is 0 Å². The third-order valence-electron chi connectivity index (χ3n) is 1.66. The van der Waals surface area contributed by atoms with Crippen molar-refractivity contribution in [3.63, 3.8) is 0 Å². The summed E-state index contributed by atoms with van der Waals surface area (Å²) in [6, 6.07) is 0. The third-order valence-corrected chi connectivity index (χ3v) is 1.66. The molecule has 12 heavy (non-hydrogen) atoms. The minimum Gasteiger partial charge on any atom is -0.343 e. The maximum Gasteiger partial charge on any atom is 0.238 e. The van der Waals surface area contributed by atoms with Crippen molar-refractivity contribution in [1.29, 1.82) is 0 Å². The molecule has 4 nitrogen and oxygen atoms in total. The van der Waals surface area contributed by atoms with E-state index in [-0.39, 0.29) is 12.3 Å². The number of carbonyl (C=O) groups is 2. The van der Waals surface area contributed by atoms with Gasteiger partial charge in [0.15, 0.2) is 0 Å². The van der Waals surface area contributed by atoms with Gasteiger partial charge in [-0.25, -0.2) is 0 Å². The molecule has 0 heterocycles. The zero-order chi connectivity index (χ0) is 9.56. The van der Waals surface area contributed by atoms with Crippen LogP contribution in [0.25, 0.3) is 0 Å². The zero-order valence-electron chi connectivity index (χ0n) is 7.59. The number of rotatable bonds is 5. The van der Waals surface area contributed by atoms with Crippen LogP contribution in [0.1, 0.15) is 26.7 Å². The normalized spacial score (nSPS) is 9.50. The second-order valence-corrected chi connectivity index (χ2v) is 2.63. The molecule has 0 aromatic rings. The van der Waals surface area contributed by atoms with Gasteiger partial charge in [0.1, 0.15) is 0 Å². The van der Waals surface area contributed by atoms with E-state index in [9.17, 15) is 9.59 Å². The first-order valence-corrected chi connectivity index (χ1v) is 4.07. The van der Waals surface area contributed by atoms with Gasteiger partial charge in [0.05, 0.1) is 0 Å². The molecule has 69 valence electrons. The Kier molecular flexibility index (Phi) is 5.08. The quantitative estimate of drug-likeness (QED) is 0.602. The van der Waals surface area contributed by atoms with Crippen molar-refractivity contribution in [2.24, 2.45) is 0 Å². The van der Waals surface area contributed by atoms with Crippen molar-refractivity contribution in [1.82, 2.24) is 10.6 Å². The Bertz CT molecular complexity index is 168. The summed E-state index contributed by atoms with van der Waals surface area (Å²) in [6.45, 7) is 4.65. The molecule has 4 heteroatoms. The number of carbonyl (C=O) groups excluding carboxylic acids is 2. The Hall–Kier alpha value is -1.06. The van der Waals surface area contributed by atoms with E-state index < -0.39 is 5.91 Å². The Labute approximate surface area is 72.7 Å². The molecule has 0 unspecified atom stereocenters. The number of amides is 2. The van der Waals surface area contributed by atoms with Gasteiger partial charge in [-0.3, -0.25) is 15.3 Å². The molecule has 0 fully saturated rings. The molecule has 0 atom stereocenters. The van der Waals surface area contributed by atoms with Crippen LogP contribution in [-0.4, -0.2) is 29.8 Å². The molecule has 0 aliphatic rings. The van der Waals surface area contributed by atoms with Crippen LogP contribution in [0.2, 0.25) is 0 Å². The second-order valence-electron chi connectivity index (χ2n) is 2.63. The average Bonchev–Trinajstić information content (AvgIpc) is 1.96. The first-order valence-electron chi connectivity index (χ1n) is 4.07. The van der Waals surface area contributed by atoms with Gasteiger partial charge < -0.3 is 4.90 Å². The summed E-state index contributed by atoms with van der Waals surface area (Å²) in [7, 11) is 0. The minimum absolute atomic E-state index is 0.0231. The van der Waals surface area contributed by atoms with Crippen molar-refractivity contribution in [3.05, 3.63) is 0 Å². The smallest absolute Gasteiger partial charge is 0.238 e. The highest BCUT2D eigenvalue weighted by Gasteiger charge is 2.05. The minimum atomic E-state index is -0.561. The molecule has 0 aliphatic carbocycles. The predicted molar refractivity (Wildman–Crippen MR) is 45.3 cm³/mol. The van der Waals surface area contributed by atoms with Crippen LogP contribution in [0.4, 0.5) is 0 Å². The lowest BCUT2D eigenvalue weighted by atomic mass is 10.3. The van der Waals surface area contributed by atoms with Crippen LogP contribution < -0.4 is 5.73 Å². The van der Waals surface area contributed by atoms with Crippen LogP contribution in [0, 0.1) is 0 Å². The molecule has 0 aromatic heterocycles. The Morgan fingerprint density at radius 2 is 2.00 bits per heavy atom. The molecule has 1 N–H and O–H groups in total. The number of hydrogen-bond donors (Lipinski definition) is 0. The van der Waals surface area contributed by atoms with Gasteiger partial charge in [-0.15, -0.1) is 0 Å². The first-order chi connectivity index (χ1) is 5.57. The summed E-state index contributed by atoms with van der Waals surface area (Å²) in [4.78, 5) is 22.7. The fourth-order valence-corrected chi connectivity index (χ4v) is 0.969. The van der Waals surface area contributed by atoms with Gasteiger partial charge in [0, 0.05) is 26.4 Å². The maximum absolute atomic E-state index is 10.8. The average molecular weight is 171 g/mol. The molecular formula is C8H15N2O2. The van der Waals surface area contributed by atoms with Crippen molar-refractivity contribution in [2.45, 2.75) is 26.7 Å². The van der Waals surface area contributed by atoms with Crippen LogP contribution >= 0.6 is 0 Å². The molecule has 0 aliphatic heterocycles. The van der Waals surface area contributed by atoms with Crippen LogP contribution in [0.3, 0.4) is 0 Å². The van der Waals surface area contributed by atoms with Gasteiger partial charge in [0.2, 0.25) is 11.8 Å². The summed E-state index contributed by atoms with van der Waals surface area (Å²) >= 11 is 0. The van der Waals surface area contributed by atoms with Gasteiger partial charge in [0.25, 0.3) is 0 Å². The highest BCUT2D eigenvalue weighted by Crippen LogP contribution is 1.95. The Morgan fingerprint density at radius 3 is 2.33 bits per heavy atom. The lowest BCUT2D eigenvalue weighted by molar-refractivity contribution is -0.129. The van der Waals surface area contributed by atoms with Crippen LogP contribution in [-0.2, 0) is 9.59 Å². The highest BCUT2D eigenvalue weighted by atomic mass is 16.2. The lowest BCUT2D eigenvalue weighted by Crippen LogP contribution is -2.29. The highest BCUT2D eigenvalue weighted by molar-refractivity contribution is 5.74. The van der Waals surface area contributed by atoms with E-state index in [4.69, 9.17) is 5.73 Å². The summed E-state index contributed by atoms with van der Waals surface area (Å²) < 4.78 is 0. The Balaban J connectivity index is 3.59. The fraction of sp³-hybridized carbons (Fsp3) is 0.750. The topological polar surface area (TPSA) is 61.2 Å².